The molecule has 7 nitrogen and oxygen atoms in total. The number of carbonyl (C=O) groups excluding carboxylic acids is 1. The Morgan fingerprint density at radius 3 is 2.00 bits per heavy atom. The summed E-state index contributed by atoms with van der Waals surface area (Å²) in [6.45, 7) is 7.89. The van der Waals surface area contributed by atoms with Crippen LogP contribution in [0, 0.1) is 46.1 Å². The van der Waals surface area contributed by atoms with E-state index in [-0.39, 0.29) is 55.5 Å². The quantitative estimate of drug-likeness (QED) is 0.108. The highest BCUT2D eigenvalue weighted by Gasteiger charge is 2.34. The third-order valence-corrected chi connectivity index (χ3v) is 12.2. The van der Waals surface area contributed by atoms with Gasteiger partial charge in [-0.2, -0.15) is 10.5 Å². The third kappa shape index (κ3) is 8.64. The van der Waals surface area contributed by atoms with E-state index in [1.807, 2.05) is 19.1 Å². The van der Waals surface area contributed by atoms with E-state index < -0.39 is 27.0 Å². The fourth-order valence-electron chi connectivity index (χ4n) is 6.29. The Bertz CT molecular complexity index is 2360. The van der Waals surface area contributed by atoms with Gasteiger partial charge < -0.3 is 13.8 Å². The summed E-state index contributed by atoms with van der Waals surface area (Å²) >= 11 is 0. The van der Waals surface area contributed by atoms with Crippen LogP contribution >= 0.6 is 0 Å². The minimum absolute atomic E-state index is 0.103. The fourth-order valence-corrected chi connectivity index (χ4v) is 8.42. The van der Waals surface area contributed by atoms with Crippen LogP contribution in [-0.4, -0.2) is 24.9 Å². The van der Waals surface area contributed by atoms with Crippen molar-refractivity contribution < 1.29 is 31.6 Å². The Balaban J connectivity index is 1.60. The molecule has 0 fully saturated rings. The van der Waals surface area contributed by atoms with Gasteiger partial charge in [0.05, 0.1) is 21.8 Å². The molecule has 0 aliphatic rings. The number of ether oxygens (including phenoxy) is 1. The summed E-state index contributed by atoms with van der Waals surface area (Å²) in [6.07, 6.45) is 2.89. The maximum atomic E-state index is 14.9. The second-order valence-corrected chi connectivity index (χ2v) is 16.6. The molecule has 0 aliphatic carbocycles. The molecular formula is C44H42F2N2O5S. The molecule has 5 rings (SSSR count). The Labute approximate surface area is 314 Å². The third-order valence-electron chi connectivity index (χ3n) is 9.85. The van der Waals surface area contributed by atoms with Gasteiger partial charge >= 0.3 is 0 Å². The van der Waals surface area contributed by atoms with Gasteiger partial charge in [0.2, 0.25) is 0 Å². The summed E-state index contributed by atoms with van der Waals surface area (Å²) < 4.78 is 70.4. The predicted molar refractivity (Wildman–Crippen MR) is 207 cm³/mol. The number of halogens is 2. The molecule has 2 atom stereocenters. The van der Waals surface area contributed by atoms with Crippen molar-refractivity contribution >= 4 is 15.4 Å². The predicted octanol–water partition coefficient (Wildman–Crippen LogP) is 11.2. The maximum Gasteiger partial charge on any atom is 0.193 e. The topological polar surface area (TPSA) is 131 Å². The SMILES string of the molecule is CCC(C)CCc1cc(C(=O)c2cc(-c3cccc(F)c3C#N)ccc2-c2cccc(F)c2C#N)ccc1Oc1ccc(S(=O)(O)(O)CC(C)CC)cc1. The van der Waals surface area contributed by atoms with Crippen LogP contribution in [0.2, 0.25) is 0 Å². The van der Waals surface area contributed by atoms with E-state index in [2.05, 4.69) is 13.8 Å². The molecule has 0 heterocycles. The van der Waals surface area contributed by atoms with E-state index in [1.165, 1.54) is 48.5 Å². The second kappa shape index (κ2) is 16.2. The molecule has 5 aromatic carbocycles. The van der Waals surface area contributed by atoms with E-state index in [9.17, 15) is 37.4 Å². The lowest BCUT2D eigenvalue weighted by Gasteiger charge is -2.33. The number of nitrogens with zero attached hydrogens (tertiary/aromatic N) is 2. The lowest BCUT2D eigenvalue weighted by molar-refractivity contribution is 0.103. The molecule has 10 heteroatoms. The Morgan fingerprint density at radius 2 is 1.39 bits per heavy atom. The molecule has 0 aromatic heterocycles. The Hall–Kier alpha value is -5.52. The average Bonchev–Trinajstić information content (AvgIpc) is 3.16. The van der Waals surface area contributed by atoms with Gasteiger partial charge in [0.1, 0.15) is 44.9 Å². The van der Waals surface area contributed by atoms with Crippen molar-refractivity contribution in [3.8, 4) is 45.9 Å². The molecule has 5 aromatic rings. The first-order chi connectivity index (χ1) is 25.7. The summed E-state index contributed by atoms with van der Waals surface area (Å²) in [5.74, 6) is -1.21. The number of benzene rings is 5. The van der Waals surface area contributed by atoms with Crippen LogP contribution < -0.4 is 4.74 Å². The minimum atomic E-state index is -5.06. The van der Waals surface area contributed by atoms with Crippen LogP contribution in [0.4, 0.5) is 8.78 Å². The van der Waals surface area contributed by atoms with Crippen LogP contribution in [0.3, 0.4) is 0 Å². The fraction of sp³-hybridized carbons (Fsp3) is 0.250. The molecule has 2 unspecified atom stereocenters. The standard InChI is InChI=1S/C44H42F2N2O5S/c1-5-28(3)13-14-31-23-32(16-22-43(31)53-33-17-19-34(20-18-33)54(50,51,52)27-29(4)6-2)44(49)38-24-30(35-9-7-11-41(45)39(35)25-47)15-21-37(38)36-10-8-12-42(46)40(36)26-48/h7-12,15-24,28-29H,5-6,13-14,27H2,1-4H3,(H2,50,51,52). The molecule has 0 aliphatic heterocycles. The minimum Gasteiger partial charge on any atom is -0.457 e. The zero-order chi connectivity index (χ0) is 39.2. The van der Waals surface area contributed by atoms with E-state index in [0.29, 0.717) is 41.4 Å². The molecule has 0 radical (unpaired) electrons. The monoisotopic (exact) mass is 748 g/mol. The summed E-state index contributed by atoms with van der Waals surface area (Å²) in [5.41, 5.74) is 1.81. The second-order valence-electron chi connectivity index (χ2n) is 13.8. The summed E-state index contributed by atoms with van der Waals surface area (Å²) in [7, 11) is -5.06. The van der Waals surface area contributed by atoms with E-state index in [1.54, 1.807) is 49.4 Å². The van der Waals surface area contributed by atoms with E-state index in [0.717, 1.165) is 18.9 Å². The Morgan fingerprint density at radius 1 is 0.778 bits per heavy atom. The molecule has 0 amide bonds. The first-order valence-corrected chi connectivity index (χ1v) is 19.9. The number of hydrogen-bond donors (Lipinski definition) is 2. The molecule has 2 N–H and O–H groups in total. The summed E-state index contributed by atoms with van der Waals surface area (Å²) in [5, 5.41) is 19.6. The van der Waals surface area contributed by atoms with E-state index >= 15 is 0 Å². The maximum absolute atomic E-state index is 14.9. The zero-order valence-electron chi connectivity index (χ0n) is 30.6. The Kier molecular flexibility index (Phi) is 11.9. The first kappa shape index (κ1) is 39.7. The molecular weight excluding hydrogens is 707 g/mol. The molecule has 54 heavy (non-hydrogen) atoms. The average molecular weight is 749 g/mol. The van der Waals surface area contributed by atoms with Crippen molar-refractivity contribution in [2.24, 2.45) is 11.8 Å². The van der Waals surface area contributed by atoms with Gasteiger partial charge in [0, 0.05) is 22.3 Å². The summed E-state index contributed by atoms with van der Waals surface area (Å²) in [6, 6.07) is 27.6. The number of rotatable bonds is 14. The van der Waals surface area contributed by atoms with Crippen molar-refractivity contribution in [2.75, 3.05) is 5.75 Å². The van der Waals surface area contributed by atoms with E-state index in [4.69, 9.17) is 4.74 Å². The number of aryl methyl sites for hydroxylation is 1. The van der Waals surface area contributed by atoms with Gasteiger partial charge in [0.15, 0.2) is 5.78 Å². The van der Waals surface area contributed by atoms with Crippen LogP contribution in [0.15, 0.2) is 102 Å². The van der Waals surface area contributed by atoms with Crippen molar-refractivity contribution in [3.63, 3.8) is 0 Å². The number of ketones is 1. The molecule has 0 saturated carbocycles. The lowest BCUT2D eigenvalue weighted by atomic mass is 9.87. The molecule has 0 bridgehead atoms. The molecule has 0 spiro atoms. The highest BCUT2D eigenvalue weighted by Crippen LogP contribution is 2.37. The van der Waals surface area contributed by atoms with Crippen LogP contribution in [0.25, 0.3) is 22.3 Å². The van der Waals surface area contributed by atoms with Crippen LogP contribution in [0.1, 0.15) is 79.6 Å². The van der Waals surface area contributed by atoms with Gasteiger partial charge in [-0.05, 0) is 102 Å². The van der Waals surface area contributed by atoms with Crippen molar-refractivity contribution in [2.45, 2.75) is 58.3 Å². The normalized spacial score (nSPS) is 13.2. The van der Waals surface area contributed by atoms with Crippen molar-refractivity contribution in [3.05, 3.63) is 137 Å². The van der Waals surface area contributed by atoms with Crippen LogP contribution in [0.5, 0.6) is 11.5 Å². The number of nitriles is 2. The molecule has 278 valence electrons. The van der Waals surface area contributed by atoms with Crippen molar-refractivity contribution in [1.29, 1.82) is 10.5 Å². The van der Waals surface area contributed by atoms with Gasteiger partial charge in [-0.25, -0.2) is 13.0 Å². The van der Waals surface area contributed by atoms with Gasteiger partial charge in [-0.1, -0.05) is 76.9 Å². The van der Waals surface area contributed by atoms with Gasteiger partial charge in [-0.15, -0.1) is 0 Å². The number of hydrogen-bond acceptors (Lipinski definition) is 5. The highest BCUT2D eigenvalue weighted by molar-refractivity contribution is 8.10. The van der Waals surface area contributed by atoms with Gasteiger partial charge in [0.25, 0.3) is 0 Å². The first-order valence-electron chi connectivity index (χ1n) is 17.8. The highest BCUT2D eigenvalue weighted by atomic mass is 32.3. The largest absolute Gasteiger partial charge is 0.457 e. The zero-order valence-corrected chi connectivity index (χ0v) is 31.4. The summed E-state index contributed by atoms with van der Waals surface area (Å²) in [4.78, 5) is 14.5. The smallest absolute Gasteiger partial charge is 0.193 e. The number of carbonyl (C=O) groups is 1. The molecule has 0 saturated heterocycles. The van der Waals surface area contributed by atoms with Gasteiger partial charge in [-0.3, -0.25) is 4.79 Å². The lowest BCUT2D eigenvalue weighted by Crippen LogP contribution is -2.38. The van der Waals surface area contributed by atoms with Crippen molar-refractivity contribution in [1.82, 2.24) is 0 Å². The van der Waals surface area contributed by atoms with Crippen LogP contribution in [-0.2, 0) is 16.0 Å².